The zero-order chi connectivity index (χ0) is 44.9. The molecule has 19 heteroatoms. The van der Waals surface area contributed by atoms with Gasteiger partial charge in [-0.3, -0.25) is 45.5 Å². The molecule has 342 valence electrons. The van der Waals surface area contributed by atoms with Gasteiger partial charge in [-0.1, -0.05) is 133 Å². The van der Waals surface area contributed by atoms with Gasteiger partial charge in [0, 0.05) is 6.92 Å². The van der Waals surface area contributed by atoms with E-state index in [4.69, 9.17) is 54.9 Å². The normalized spacial score (nSPS) is 25.6. The highest BCUT2D eigenvalue weighted by atomic mass is 31.2. The van der Waals surface area contributed by atoms with E-state index in [0.29, 0.717) is 44.5 Å². The molecular weight excluding hydrogens is 901 g/mol. The van der Waals surface area contributed by atoms with Gasteiger partial charge in [-0.15, -0.1) is 0 Å². The summed E-state index contributed by atoms with van der Waals surface area (Å²) in [4.78, 5) is 13.3. The van der Waals surface area contributed by atoms with E-state index in [1.807, 2.05) is 60.7 Å². The first-order valence-corrected chi connectivity index (χ1v) is 25.3. The van der Waals surface area contributed by atoms with Gasteiger partial charge in [0.2, 0.25) is 0 Å². The van der Waals surface area contributed by atoms with Gasteiger partial charge in [-0.2, -0.15) is 0 Å². The van der Waals surface area contributed by atoms with Gasteiger partial charge in [0.15, 0.2) is 6.10 Å². The number of fused-ring (bicyclic) bond motifs is 3. The summed E-state index contributed by atoms with van der Waals surface area (Å²) >= 11 is 0. The van der Waals surface area contributed by atoms with E-state index in [-0.39, 0.29) is 52.9 Å². The average molecular weight is 949 g/mol. The number of ether oxygens (including phenoxy) is 3. The van der Waals surface area contributed by atoms with Crippen molar-refractivity contribution in [1.29, 1.82) is 0 Å². The van der Waals surface area contributed by atoms with Crippen molar-refractivity contribution >= 4 is 29.4 Å². The Kier molecular flexibility index (Phi) is 14.4. The molecule has 1 saturated carbocycles. The van der Waals surface area contributed by atoms with E-state index in [9.17, 15) is 13.9 Å². The summed E-state index contributed by atoms with van der Waals surface area (Å²) < 4.78 is 120. The maximum Gasteiger partial charge on any atom is 0.475 e. The standard InChI is InChI=1S/C46H47O16P3/c1-32(47)59-43-41(51-24-33-14-4-2-5-15-33)45(61-64(49)55-28-37-20-10-11-21-38(37)29-56-64)46(62-65(50)57-30-39-22-12-13-23-40(39)31-58-65)42(52-25-34-16-6-3-7-17-34)44(43)60-63(48)53-26-35-18-8-9-19-36(35)27-54-63/h2-23,41-46H,24-31H2,1H3/t41-,42-,43+,44-,45+,46+/m0/s1. The average Bonchev–Trinajstić information content (AvgIpc) is 3.69. The fourth-order valence-electron chi connectivity index (χ4n) is 7.87. The first kappa shape index (κ1) is 46.0. The fourth-order valence-corrected chi connectivity index (χ4v) is 11.9. The van der Waals surface area contributed by atoms with E-state index in [0.717, 1.165) is 0 Å². The van der Waals surface area contributed by atoms with Crippen molar-refractivity contribution in [1.82, 2.24) is 0 Å². The molecule has 4 aliphatic rings. The molecule has 0 radical (unpaired) electrons. The van der Waals surface area contributed by atoms with E-state index in [2.05, 4.69) is 0 Å². The summed E-state index contributed by atoms with van der Waals surface area (Å²) in [6, 6.07) is 39.8. The lowest BCUT2D eigenvalue weighted by atomic mass is 9.84. The Balaban J connectivity index is 1.17. The third-order valence-corrected chi connectivity index (χ3v) is 15.4. The number of carbonyl (C=O) groups is 1. The third kappa shape index (κ3) is 11.2. The maximum absolute atomic E-state index is 15.0. The monoisotopic (exact) mass is 948 g/mol. The van der Waals surface area contributed by atoms with E-state index < -0.39 is 66.1 Å². The van der Waals surface area contributed by atoms with Crippen molar-refractivity contribution in [3.05, 3.63) is 178 Å². The number of phosphoric acid groups is 3. The molecule has 0 saturated heterocycles. The molecule has 1 aliphatic carbocycles. The predicted molar refractivity (Wildman–Crippen MR) is 231 cm³/mol. The lowest BCUT2D eigenvalue weighted by Gasteiger charge is -2.49. The molecular formula is C46H47O16P3. The summed E-state index contributed by atoms with van der Waals surface area (Å²) in [5.41, 5.74) is 5.58. The highest BCUT2D eigenvalue weighted by Crippen LogP contribution is 2.61. The van der Waals surface area contributed by atoms with Gasteiger partial charge in [-0.05, 0) is 44.5 Å². The molecule has 3 aliphatic heterocycles. The highest BCUT2D eigenvalue weighted by Gasteiger charge is 2.62. The Morgan fingerprint density at radius 1 is 0.415 bits per heavy atom. The van der Waals surface area contributed by atoms with Gasteiger partial charge in [0.05, 0.1) is 52.9 Å². The molecule has 0 bridgehead atoms. The van der Waals surface area contributed by atoms with Crippen LogP contribution in [-0.2, 0) is 126 Å². The molecule has 65 heavy (non-hydrogen) atoms. The lowest BCUT2D eigenvalue weighted by Crippen LogP contribution is -2.67. The summed E-state index contributed by atoms with van der Waals surface area (Å²) in [6.07, 6.45) is -9.87. The van der Waals surface area contributed by atoms with Crippen LogP contribution < -0.4 is 0 Å². The fraction of sp³-hybridized carbons (Fsp3) is 0.326. The molecule has 16 nitrogen and oxygen atoms in total. The van der Waals surface area contributed by atoms with Gasteiger partial charge in [0.25, 0.3) is 0 Å². The van der Waals surface area contributed by atoms with Crippen LogP contribution in [0.1, 0.15) is 51.4 Å². The Labute approximate surface area is 376 Å². The minimum Gasteiger partial charge on any atom is -0.457 e. The van der Waals surface area contributed by atoms with Gasteiger partial charge in [0.1, 0.15) is 30.5 Å². The zero-order valence-corrected chi connectivity index (χ0v) is 37.9. The first-order valence-electron chi connectivity index (χ1n) is 21.0. The van der Waals surface area contributed by atoms with Crippen LogP contribution in [0.5, 0.6) is 0 Å². The van der Waals surface area contributed by atoms with Crippen molar-refractivity contribution < 1.29 is 73.4 Å². The number of hydrogen-bond donors (Lipinski definition) is 0. The molecule has 0 aromatic heterocycles. The van der Waals surface area contributed by atoms with Crippen LogP contribution in [0.3, 0.4) is 0 Å². The molecule has 0 unspecified atom stereocenters. The molecule has 0 amide bonds. The maximum atomic E-state index is 15.0. The second-order valence-corrected chi connectivity index (χ2v) is 20.5. The van der Waals surface area contributed by atoms with Crippen LogP contribution in [0.2, 0.25) is 0 Å². The van der Waals surface area contributed by atoms with E-state index in [1.165, 1.54) is 6.92 Å². The van der Waals surface area contributed by atoms with Crippen molar-refractivity contribution in [2.75, 3.05) is 0 Å². The number of phosphoric ester groups is 3. The zero-order valence-electron chi connectivity index (χ0n) is 35.2. The van der Waals surface area contributed by atoms with Crippen molar-refractivity contribution in [2.24, 2.45) is 0 Å². The van der Waals surface area contributed by atoms with Crippen molar-refractivity contribution in [3.8, 4) is 0 Å². The van der Waals surface area contributed by atoms with Crippen LogP contribution in [0.4, 0.5) is 0 Å². The van der Waals surface area contributed by atoms with Crippen LogP contribution in [0.25, 0.3) is 0 Å². The summed E-state index contributed by atoms with van der Waals surface area (Å²) in [6.45, 7) is -0.145. The molecule has 0 spiro atoms. The number of hydrogen-bond acceptors (Lipinski definition) is 16. The van der Waals surface area contributed by atoms with Gasteiger partial charge < -0.3 is 14.2 Å². The predicted octanol–water partition coefficient (Wildman–Crippen LogP) is 9.82. The smallest absolute Gasteiger partial charge is 0.457 e. The van der Waals surface area contributed by atoms with Gasteiger partial charge >= 0.3 is 29.4 Å². The molecule has 1 fully saturated rings. The molecule has 0 N–H and O–H groups in total. The lowest BCUT2D eigenvalue weighted by molar-refractivity contribution is -0.249. The third-order valence-electron chi connectivity index (χ3n) is 11.2. The van der Waals surface area contributed by atoms with Crippen LogP contribution in [0.15, 0.2) is 133 Å². The number of esters is 1. The molecule has 6 atom stereocenters. The van der Waals surface area contributed by atoms with Crippen molar-refractivity contribution in [2.45, 2.75) is 96.4 Å². The largest absolute Gasteiger partial charge is 0.475 e. The second kappa shape index (κ2) is 20.4. The van der Waals surface area contributed by atoms with Crippen molar-refractivity contribution in [3.63, 3.8) is 0 Å². The van der Waals surface area contributed by atoms with Crippen LogP contribution >= 0.6 is 23.5 Å². The van der Waals surface area contributed by atoms with Crippen LogP contribution in [-0.4, -0.2) is 42.6 Å². The number of benzene rings is 5. The Morgan fingerprint density at radius 2 is 0.677 bits per heavy atom. The Morgan fingerprint density at radius 3 is 0.969 bits per heavy atom. The minimum atomic E-state index is -4.68. The topological polar surface area (TPSA) is 179 Å². The highest BCUT2D eigenvalue weighted by molar-refractivity contribution is 7.49. The SMILES string of the molecule is CC(=O)O[C@@H]1[C@H](OCc2ccccc2)[C@@H](OP2(=O)OCc3ccccc3CO2)[C@H](OP2(=O)OCc3ccccc3CO2)[C@@H](OCc2ccccc2)[C@@H]1OP1(=O)OCc2ccccc2CO1. The summed E-state index contributed by atoms with van der Waals surface area (Å²) in [5, 5.41) is 0. The Bertz CT molecular complexity index is 2490. The van der Waals surface area contributed by atoms with E-state index >= 15 is 4.57 Å². The first-order chi connectivity index (χ1) is 31.5. The number of carbonyl (C=O) groups excluding carboxylic acids is 1. The Hall–Kier alpha value is -4.18. The quantitative estimate of drug-likeness (QED) is 0.0803. The molecule has 9 rings (SSSR count). The summed E-state index contributed by atoms with van der Waals surface area (Å²) in [5.74, 6) is -0.810. The molecule has 3 heterocycles. The minimum absolute atomic E-state index is 0.143. The number of rotatable bonds is 13. The molecule has 5 aromatic rings. The second-order valence-electron chi connectivity index (χ2n) is 15.6. The molecule has 5 aromatic carbocycles. The van der Waals surface area contributed by atoms with E-state index in [1.54, 1.807) is 72.8 Å². The summed E-state index contributed by atoms with van der Waals surface area (Å²) in [7, 11) is -14.0. The van der Waals surface area contributed by atoms with Gasteiger partial charge in [-0.25, -0.2) is 13.7 Å². The van der Waals surface area contributed by atoms with Crippen LogP contribution in [0, 0.1) is 0 Å².